The molecule has 130 valence electrons. The van der Waals surface area contributed by atoms with Crippen LogP contribution in [0.25, 0.3) is 22.8 Å². The summed E-state index contributed by atoms with van der Waals surface area (Å²) < 4.78 is 3.09. The Morgan fingerprint density at radius 2 is 1.28 bits per heavy atom. The summed E-state index contributed by atoms with van der Waals surface area (Å²) in [6, 6.07) is 7.77. The van der Waals surface area contributed by atoms with Crippen LogP contribution >= 0.6 is 23.5 Å². The molecule has 0 atom stereocenters. The summed E-state index contributed by atoms with van der Waals surface area (Å²) in [7, 11) is 0. The highest BCUT2D eigenvalue weighted by molar-refractivity contribution is 7.99. The summed E-state index contributed by atoms with van der Waals surface area (Å²) in [5.74, 6) is 15.6. The maximum atomic E-state index is 6.19. The number of nitrogen functional groups attached to an aromatic ring is 2. The third kappa shape index (κ3) is 3.19. The first-order chi connectivity index (χ1) is 12.2. The summed E-state index contributed by atoms with van der Waals surface area (Å²) in [4.78, 5) is 0. The standard InChI is InChI=1S/C15H18N8S2/c16-22-12-10-5-4-6-11(9-10)13-19-21-15(23(13)17)25-8-3-1-2-7-24-14(22)20-18-12/h4-6,9H,1-3,7-8,16-17H2. The van der Waals surface area contributed by atoms with Crippen LogP contribution in [0.2, 0.25) is 0 Å². The lowest BCUT2D eigenvalue weighted by atomic mass is 10.1. The van der Waals surface area contributed by atoms with E-state index in [2.05, 4.69) is 20.4 Å². The van der Waals surface area contributed by atoms with E-state index in [1.807, 2.05) is 24.3 Å². The molecule has 0 unspecified atom stereocenters. The van der Waals surface area contributed by atoms with Crippen molar-refractivity contribution in [2.75, 3.05) is 23.2 Å². The quantitative estimate of drug-likeness (QED) is 0.574. The molecule has 3 heterocycles. The van der Waals surface area contributed by atoms with Gasteiger partial charge in [-0.05, 0) is 18.9 Å². The van der Waals surface area contributed by atoms with Gasteiger partial charge in [-0.15, -0.1) is 20.4 Å². The molecule has 0 saturated heterocycles. The normalized spacial score (nSPS) is 15.2. The first-order valence-corrected chi connectivity index (χ1v) is 9.98. The van der Waals surface area contributed by atoms with Gasteiger partial charge in [-0.3, -0.25) is 0 Å². The Hall–Kier alpha value is -2.20. The van der Waals surface area contributed by atoms with E-state index in [9.17, 15) is 0 Å². The molecule has 4 rings (SSSR count). The molecule has 6 bridgehead atoms. The third-order valence-corrected chi connectivity index (χ3v) is 6.02. The summed E-state index contributed by atoms with van der Waals surface area (Å²) in [5, 5.41) is 18.4. The van der Waals surface area contributed by atoms with Crippen molar-refractivity contribution in [1.82, 2.24) is 29.7 Å². The van der Waals surface area contributed by atoms with Crippen LogP contribution < -0.4 is 11.7 Å². The highest BCUT2D eigenvalue weighted by atomic mass is 32.2. The van der Waals surface area contributed by atoms with E-state index in [-0.39, 0.29) is 0 Å². The molecule has 10 heteroatoms. The van der Waals surface area contributed by atoms with Gasteiger partial charge in [-0.25, -0.2) is 9.35 Å². The SMILES string of the molecule is Nn1c2nnc1-c1cccc(c1)-c1nnc(n1N)SCCCCCS2. The zero-order valence-corrected chi connectivity index (χ0v) is 15.1. The summed E-state index contributed by atoms with van der Waals surface area (Å²) in [6.45, 7) is 0. The van der Waals surface area contributed by atoms with Gasteiger partial charge >= 0.3 is 0 Å². The number of hydrogen-bond donors (Lipinski definition) is 2. The number of fused-ring (bicyclic) bond motifs is 8. The van der Waals surface area contributed by atoms with Gasteiger partial charge in [-0.2, -0.15) is 0 Å². The lowest BCUT2D eigenvalue weighted by molar-refractivity contribution is 0.776. The van der Waals surface area contributed by atoms with Crippen LogP contribution in [0.3, 0.4) is 0 Å². The van der Waals surface area contributed by atoms with Gasteiger partial charge in [0.2, 0.25) is 10.3 Å². The van der Waals surface area contributed by atoms with Crippen LogP contribution in [0.5, 0.6) is 0 Å². The number of benzene rings is 1. The molecule has 3 aromatic rings. The molecule has 0 aliphatic carbocycles. The van der Waals surface area contributed by atoms with Crippen LogP contribution in [0.1, 0.15) is 19.3 Å². The van der Waals surface area contributed by atoms with Crippen molar-refractivity contribution in [3.8, 4) is 22.8 Å². The first kappa shape index (κ1) is 16.3. The van der Waals surface area contributed by atoms with Gasteiger partial charge < -0.3 is 11.7 Å². The highest BCUT2D eigenvalue weighted by Crippen LogP contribution is 2.28. The zero-order chi connectivity index (χ0) is 17.2. The fourth-order valence-electron chi connectivity index (χ4n) is 2.65. The second kappa shape index (κ2) is 6.96. The minimum Gasteiger partial charge on any atom is -0.335 e. The van der Waals surface area contributed by atoms with Crippen molar-refractivity contribution in [3.63, 3.8) is 0 Å². The van der Waals surface area contributed by atoms with Gasteiger partial charge in [0, 0.05) is 22.6 Å². The number of thioether (sulfide) groups is 2. The van der Waals surface area contributed by atoms with Crippen molar-refractivity contribution in [1.29, 1.82) is 0 Å². The number of nitrogens with two attached hydrogens (primary N) is 2. The van der Waals surface area contributed by atoms with Crippen LogP contribution in [-0.4, -0.2) is 41.3 Å². The lowest BCUT2D eigenvalue weighted by Crippen LogP contribution is -2.13. The summed E-state index contributed by atoms with van der Waals surface area (Å²) in [6.07, 6.45) is 3.34. The summed E-state index contributed by atoms with van der Waals surface area (Å²) in [5.41, 5.74) is 1.73. The fourth-order valence-corrected chi connectivity index (χ4v) is 4.36. The van der Waals surface area contributed by atoms with Gasteiger partial charge in [0.1, 0.15) is 0 Å². The molecule has 1 aromatic carbocycles. The molecule has 4 N–H and O–H groups in total. The maximum absolute atomic E-state index is 6.19. The second-order valence-corrected chi connectivity index (χ2v) is 7.81. The van der Waals surface area contributed by atoms with Gasteiger partial charge in [0.25, 0.3) is 0 Å². The third-order valence-electron chi connectivity index (χ3n) is 3.96. The predicted molar refractivity (Wildman–Crippen MR) is 100 cm³/mol. The topological polar surface area (TPSA) is 113 Å². The molecule has 2 aromatic heterocycles. The largest absolute Gasteiger partial charge is 0.335 e. The molecular formula is C15H18N8S2. The average Bonchev–Trinajstić information content (AvgIpc) is 3.17. The van der Waals surface area contributed by atoms with Crippen LogP contribution in [0, 0.1) is 0 Å². The van der Waals surface area contributed by atoms with Crippen LogP contribution in [-0.2, 0) is 0 Å². The average molecular weight is 374 g/mol. The lowest BCUT2D eigenvalue weighted by Gasteiger charge is -2.07. The Morgan fingerprint density at radius 3 is 1.80 bits per heavy atom. The predicted octanol–water partition coefficient (Wildman–Crippen LogP) is 2.00. The molecule has 0 fully saturated rings. The van der Waals surface area contributed by atoms with Crippen molar-refractivity contribution in [2.24, 2.45) is 0 Å². The van der Waals surface area contributed by atoms with Crippen molar-refractivity contribution in [3.05, 3.63) is 24.3 Å². The number of nitrogens with zero attached hydrogens (tertiary/aromatic N) is 6. The fraction of sp³-hybridized carbons (Fsp3) is 0.333. The number of rotatable bonds is 0. The van der Waals surface area contributed by atoms with E-state index < -0.39 is 0 Å². The van der Waals surface area contributed by atoms with Gasteiger partial charge in [0.05, 0.1) is 0 Å². The van der Waals surface area contributed by atoms with E-state index in [4.69, 9.17) is 11.7 Å². The minimum atomic E-state index is 0.620. The smallest absolute Gasteiger partial charge is 0.210 e. The molecule has 25 heavy (non-hydrogen) atoms. The van der Waals surface area contributed by atoms with Crippen LogP contribution in [0.4, 0.5) is 0 Å². The molecule has 1 aliphatic heterocycles. The van der Waals surface area contributed by atoms with E-state index in [0.717, 1.165) is 52.2 Å². The van der Waals surface area contributed by atoms with Crippen molar-refractivity contribution < 1.29 is 0 Å². The number of hydrogen-bond acceptors (Lipinski definition) is 8. The Bertz CT molecular complexity index is 820. The van der Waals surface area contributed by atoms with Crippen molar-refractivity contribution in [2.45, 2.75) is 29.6 Å². The monoisotopic (exact) mass is 374 g/mol. The molecule has 8 nitrogen and oxygen atoms in total. The zero-order valence-electron chi connectivity index (χ0n) is 13.5. The van der Waals surface area contributed by atoms with Gasteiger partial charge in [0.15, 0.2) is 11.6 Å². The molecule has 0 saturated carbocycles. The summed E-state index contributed by atoms with van der Waals surface area (Å²) >= 11 is 3.28. The Morgan fingerprint density at radius 1 is 0.760 bits per heavy atom. The van der Waals surface area contributed by atoms with E-state index in [0.29, 0.717) is 11.6 Å². The van der Waals surface area contributed by atoms with Crippen LogP contribution in [0.15, 0.2) is 34.6 Å². The Labute approximate surface area is 153 Å². The number of aromatic nitrogens is 6. The molecule has 0 amide bonds. The van der Waals surface area contributed by atoms with E-state index in [1.165, 1.54) is 0 Å². The molecule has 0 spiro atoms. The maximum Gasteiger partial charge on any atom is 0.210 e. The highest BCUT2D eigenvalue weighted by Gasteiger charge is 2.16. The van der Waals surface area contributed by atoms with E-state index in [1.54, 1.807) is 32.9 Å². The molecular weight excluding hydrogens is 356 g/mol. The molecule has 0 radical (unpaired) electrons. The Kier molecular flexibility index (Phi) is 4.53. The van der Waals surface area contributed by atoms with Crippen molar-refractivity contribution >= 4 is 23.5 Å². The molecule has 1 aliphatic rings. The first-order valence-electron chi connectivity index (χ1n) is 8.01. The second-order valence-electron chi connectivity index (χ2n) is 5.69. The Balaban J connectivity index is 1.78. The van der Waals surface area contributed by atoms with E-state index >= 15 is 0 Å². The van der Waals surface area contributed by atoms with Gasteiger partial charge in [-0.1, -0.05) is 48.1 Å². The minimum absolute atomic E-state index is 0.620.